The smallest absolute Gasteiger partial charge is 0.293 e. The number of amides is 3. The number of hydrogen-bond acceptors (Lipinski definition) is 5. The fourth-order valence-corrected chi connectivity index (χ4v) is 3.93. The van der Waals surface area contributed by atoms with E-state index < -0.39 is 17.6 Å². The fourth-order valence-electron chi connectivity index (χ4n) is 2.56. The van der Waals surface area contributed by atoms with E-state index in [4.69, 9.17) is 0 Å². The zero-order valence-corrected chi connectivity index (χ0v) is 16.6. The summed E-state index contributed by atoms with van der Waals surface area (Å²) in [4.78, 5) is 38.5. The Hall–Kier alpha value is -2.65. The van der Waals surface area contributed by atoms with Crippen LogP contribution in [-0.4, -0.2) is 40.8 Å². The Morgan fingerprint density at radius 2 is 1.79 bits per heavy atom. The molecule has 1 saturated heterocycles. The number of rotatable bonds is 7. The van der Waals surface area contributed by atoms with Gasteiger partial charge in [-0.2, -0.15) is 8.78 Å². The molecule has 1 N–H and O–H groups in total. The lowest BCUT2D eigenvalue weighted by Gasteiger charge is -2.13. The Morgan fingerprint density at radius 1 is 1.10 bits per heavy atom. The van der Waals surface area contributed by atoms with E-state index in [0.717, 1.165) is 22.2 Å². The highest BCUT2D eigenvalue weighted by Gasteiger charge is 2.34. The summed E-state index contributed by atoms with van der Waals surface area (Å²) in [5.41, 5.74) is 1.13. The van der Waals surface area contributed by atoms with Gasteiger partial charge in [0.25, 0.3) is 22.8 Å². The number of nitrogens with zero attached hydrogens (tertiary/aromatic N) is 1. The molecule has 0 aromatic heterocycles. The van der Waals surface area contributed by atoms with Gasteiger partial charge in [-0.3, -0.25) is 19.3 Å². The van der Waals surface area contributed by atoms with E-state index in [9.17, 15) is 23.2 Å². The molecule has 1 heterocycles. The third-order valence-electron chi connectivity index (χ3n) is 3.93. The summed E-state index contributed by atoms with van der Waals surface area (Å²) in [5.74, 6) is -3.33. The summed E-state index contributed by atoms with van der Waals surface area (Å²) in [6.07, 6.45) is 1.66. The minimum absolute atomic E-state index is 0.0435. The van der Waals surface area contributed by atoms with Crippen LogP contribution in [0.3, 0.4) is 0 Å². The fraction of sp³-hybridized carbons (Fsp3) is 0.150. The van der Waals surface area contributed by atoms with Crippen molar-refractivity contribution >= 4 is 46.7 Å². The molecule has 1 aliphatic heterocycles. The Morgan fingerprint density at radius 3 is 2.45 bits per heavy atom. The minimum Gasteiger partial charge on any atom is -0.350 e. The van der Waals surface area contributed by atoms with E-state index in [0.29, 0.717) is 27.1 Å². The molecule has 3 amide bonds. The number of thioether (sulfide) groups is 2. The largest absolute Gasteiger partial charge is 0.350 e. The lowest BCUT2D eigenvalue weighted by molar-refractivity contribution is -0.122. The first-order chi connectivity index (χ1) is 13.9. The molecule has 1 fully saturated rings. The summed E-state index contributed by atoms with van der Waals surface area (Å²) in [6.45, 7) is 0.130. The van der Waals surface area contributed by atoms with Crippen LogP contribution < -0.4 is 5.32 Å². The van der Waals surface area contributed by atoms with Gasteiger partial charge in [-0.25, -0.2) is 0 Å². The molecule has 0 bridgehead atoms. The average molecular weight is 434 g/mol. The first kappa shape index (κ1) is 21.1. The Kier molecular flexibility index (Phi) is 7.05. The van der Waals surface area contributed by atoms with Crippen LogP contribution in [0.1, 0.15) is 15.9 Å². The molecule has 1 aliphatic rings. The van der Waals surface area contributed by atoms with Gasteiger partial charge in [0.05, 0.1) is 4.91 Å². The number of carbonyl (C=O) groups is 3. The van der Waals surface area contributed by atoms with Gasteiger partial charge in [0.15, 0.2) is 0 Å². The molecule has 2 aromatic carbocycles. The van der Waals surface area contributed by atoms with Gasteiger partial charge in [0.1, 0.15) is 0 Å². The molecule has 0 spiro atoms. The third-order valence-corrected chi connectivity index (χ3v) is 5.56. The normalized spacial score (nSPS) is 15.4. The summed E-state index contributed by atoms with van der Waals surface area (Å²) in [7, 11) is 0. The summed E-state index contributed by atoms with van der Waals surface area (Å²) >= 11 is 1.26. The minimum atomic E-state index is -2.52. The maximum atomic E-state index is 12.4. The van der Waals surface area contributed by atoms with Crippen LogP contribution in [0.2, 0.25) is 0 Å². The van der Waals surface area contributed by atoms with Crippen LogP contribution in [0, 0.1) is 0 Å². The van der Waals surface area contributed by atoms with Crippen molar-refractivity contribution in [3.05, 3.63) is 70.6 Å². The molecule has 0 aliphatic carbocycles. The van der Waals surface area contributed by atoms with E-state index >= 15 is 0 Å². The van der Waals surface area contributed by atoms with Gasteiger partial charge < -0.3 is 5.32 Å². The van der Waals surface area contributed by atoms with Crippen molar-refractivity contribution in [2.45, 2.75) is 10.7 Å². The van der Waals surface area contributed by atoms with Crippen LogP contribution in [0.5, 0.6) is 0 Å². The summed E-state index contributed by atoms with van der Waals surface area (Å²) in [6, 6.07) is 15.0. The van der Waals surface area contributed by atoms with E-state index in [1.165, 1.54) is 24.3 Å². The zero-order valence-electron chi connectivity index (χ0n) is 15.0. The number of nitrogens with one attached hydrogen (secondary N) is 1. The number of hydrogen-bond donors (Lipinski definition) is 1. The number of halogens is 2. The van der Waals surface area contributed by atoms with Crippen LogP contribution in [0.15, 0.2) is 64.4 Å². The summed E-state index contributed by atoms with van der Waals surface area (Å²) < 4.78 is 24.7. The number of benzene rings is 2. The van der Waals surface area contributed by atoms with Gasteiger partial charge in [0, 0.05) is 23.5 Å². The molecule has 5 nitrogen and oxygen atoms in total. The molecule has 150 valence electrons. The number of imide groups is 1. The highest BCUT2D eigenvalue weighted by atomic mass is 32.2. The summed E-state index contributed by atoms with van der Waals surface area (Å²) in [5, 5.41) is 2.23. The van der Waals surface area contributed by atoms with Crippen LogP contribution in [0.25, 0.3) is 6.08 Å². The maximum absolute atomic E-state index is 12.4. The second-order valence-electron chi connectivity index (χ2n) is 5.90. The van der Waals surface area contributed by atoms with Crippen molar-refractivity contribution in [2.75, 3.05) is 13.1 Å². The van der Waals surface area contributed by atoms with Crippen molar-refractivity contribution in [3.63, 3.8) is 0 Å². The van der Waals surface area contributed by atoms with Crippen molar-refractivity contribution < 1.29 is 23.2 Å². The van der Waals surface area contributed by atoms with E-state index in [1.807, 2.05) is 30.3 Å². The highest BCUT2D eigenvalue weighted by Crippen LogP contribution is 2.31. The van der Waals surface area contributed by atoms with Crippen molar-refractivity contribution in [1.82, 2.24) is 10.2 Å². The molecule has 0 unspecified atom stereocenters. The van der Waals surface area contributed by atoms with Gasteiger partial charge in [-0.1, -0.05) is 42.1 Å². The van der Waals surface area contributed by atoms with Gasteiger partial charge >= 0.3 is 0 Å². The molecule has 3 rings (SSSR count). The standard InChI is InChI=1S/C20H16F2N2O3S2/c21-19(22)28-15-8-6-14(7-9-15)17(25)23-10-11-24-18(26)16(29-20(24)27)12-13-4-2-1-3-5-13/h1-9,12,19H,10-11H2,(H,23,25)/b16-12-. The van der Waals surface area contributed by atoms with E-state index in [1.54, 1.807) is 6.08 Å². The van der Waals surface area contributed by atoms with Crippen molar-refractivity contribution in [2.24, 2.45) is 0 Å². The van der Waals surface area contributed by atoms with Crippen molar-refractivity contribution in [3.8, 4) is 0 Å². The SMILES string of the molecule is O=C(NCCN1C(=O)S/C(=C\c2ccccc2)C1=O)c1ccc(SC(F)F)cc1. The maximum Gasteiger partial charge on any atom is 0.293 e. The van der Waals surface area contributed by atoms with Crippen LogP contribution >= 0.6 is 23.5 Å². The average Bonchev–Trinajstić information content (AvgIpc) is 2.96. The first-order valence-electron chi connectivity index (χ1n) is 8.57. The number of alkyl halides is 2. The van der Waals surface area contributed by atoms with Gasteiger partial charge in [0.2, 0.25) is 0 Å². The molecule has 0 saturated carbocycles. The Balaban J connectivity index is 1.53. The molecule has 9 heteroatoms. The molecule has 0 radical (unpaired) electrons. The lowest BCUT2D eigenvalue weighted by Crippen LogP contribution is -2.37. The number of carbonyl (C=O) groups excluding carboxylic acids is 3. The van der Waals surface area contributed by atoms with Crippen LogP contribution in [-0.2, 0) is 4.79 Å². The monoisotopic (exact) mass is 434 g/mol. The predicted molar refractivity (Wildman–Crippen MR) is 110 cm³/mol. The Labute approximate surface area is 174 Å². The van der Waals surface area contributed by atoms with Gasteiger partial charge in [-0.15, -0.1) is 0 Å². The van der Waals surface area contributed by atoms with Crippen LogP contribution in [0.4, 0.5) is 13.6 Å². The molecular formula is C20H16F2N2O3S2. The molecular weight excluding hydrogens is 418 g/mol. The Bertz CT molecular complexity index is 935. The molecule has 0 atom stereocenters. The molecule has 2 aromatic rings. The van der Waals surface area contributed by atoms with Crippen molar-refractivity contribution in [1.29, 1.82) is 0 Å². The lowest BCUT2D eigenvalue weighted by atomic mass is 10.2. The van der Waals surface area contributed by atoms with Gasteiger partial charge in [-0.05, 0) is 47.7 Å². The first-order valence-corrected chi connectivity index (χ1v) is 10.3. The quantitative estimate of drug-likeness (QED) is 0.515. The van der Waals surface area contributed by atoms with E-state index in [-0.39, 0.29) is 18.3 Å². The van der Waals surface area contributed by atoms with E-state index in [2.05, 4.69) is 5.32 Å². The predicted octanol–water partition coefficient (Wildman–Crippen LogP) is 4.47. The molecule has 29 heavy (non-hydrogen) atoms. The zero-order chi connectivity index (χ0) is 20.8. The second kappa shape index (κ2) is 9.71. The second-order valence-corrected chi connectivity index (χ2v) is 7.96. The highest BCUT2D eigenvalue weighted by molar-refractivity contribution is 8.18. The third kappa shape index (κ3) is 5.68. The topological polar surface area (TPSA) is 66.5 Å².